The summed E-state index contributed by atoms with van der Waals surface area (Å²) in [5, 5.41) is 54.6. The lowest BCUT2D eigenvalue weighted by Gasteiger charge is -2.40. The molecule has 9 nitrogen and oxygen atoms in total. The number of unbranched alkanes of at least 4 members (excludes halogenated alkanes) is 20. The molecule has 1 amide bonds. The molecule has 0 aromatic carbocycles. The Morgan fingerprint density at radius 1 is 0.467 bits per heavy atom. The maximum Gasteiger partial charge on any atom is 0.220 e. The van der Waals surface area contributed by atoms with Crippen molar-refractivity contribution in [1.29, 1.82) is 0 Å². The number of nitrogens with one attached hydrogen (secondary N) is 1. The number of hydrogen-bond acceptors (Lipinski definition) is 8. The first-order chi connectivity index (χ1) is 36.8. The van der Waals surface area contributed by atoms with E-state index in [9.17, 15) is 30.3 Å². The summed E-state index contributed by atoms with van der Waals surface area (Å²) in [6, 6.07) is -0.731. The predicted molar refractivity (Wildman–Crippen MR) is 317 cm³/mol. The number of ether oxygens (including phenoxy) is 2. The first-order valence-electron chi connectivity index (χ1n) is 30.2. The van der Waals surface area contributed by atoms with Crippen LogP contribution in [-0.2, 0) is 14.3 Å². The fraction of sp³-hybridized carbons (Fsp3) is 0.682. The molecule has 1 saturated heterocycles. The van der Waals surface area contributed by atoms with Crippen LogP contribution in [0.5, 0.6) is 0 Å². The third kappa shape index (κ3) is 43.3. The molecule has 9 heteroatoms. The molecule has 6 N–H and O–H groups in total. The predicted octanol–water partition coefficient (Wildman–Crippen LogP) is 15.5. The number of allylic oxidation sites excluding steroid dienone is 20. The van der Waals surface area contributed by atoms with Crippen LogP contribution in [-0.4, -0.2) is 87.5 Å². The molecule has 428 valence electrons. The molecule has 75 heavy (non-hydrogen) atoms. The smallest absolute Gasteiger partial charge is 0.220 e. The van der Waals surface area contributed by atoms with Crippen LogP contribution in [0, 0.1) is 0 Å². The summed E-state index contributed by atoms with van der Waals surface area (Å²) < 4.78 is 11.3. The number of aliphatic hydroxyl groups is 5. The van der Waals surface area contributed by atoms with E-state index >= 15 is 0 Å². The largest absolute Gasteiger partial charge is 0.394 e. The fourth-order valence-electron chi connectivity index (χ4n) is 8.84. The van der Waals surface area contributed by atoms with E-state index in [1.807, 2.05) is 0 Å². The minimum atomic E-state index is -1.56. The van der Waals surface area contributed by atoms with Crippen molar-refractivity contribution in [2.45, 2.75) is 275 Å². The Hall–Kier alpha value is -3.41. The summed E-state index contributed by atoms with van der Waals surface area (Å²) >= 11 is 0. The van der Waals surface area contributed by atoms with Gasteiger partial charge in [-0.1, -0.05) is 257 Å². The molecule has 7 atom stereocenters. The SMILES string of the molecule is CC/C=C\C/C=C\C/C=C\C/C=C\C/C=C\C/C=C\C/C=C\C/C=C\C/C=C\C/C=C\CCCCCCCCCCC(=O)NC(COC1OC(CO)C(O)C(O)C1O)C(O)CCCCCCCCCCCCCCC. The van der Waals surface area contributed by atoms with Gasteiger partial charge in [0, 0.05) is 6.42 Å². The molecule has 1 fully saturated rings. The Morgan fingerprint density at radius 2 is 0.827 bits per heavy atom. The van der Waals surface area contributed by atoms with Crippen LogP contribution in [0.1, 0.15) is 232 Å². The van der Waals surface area contributed by atoms with Crippen LogP contribution >= 0.6 is 0 Å². The quantitative estimate of drug-likeness (QED) is 0.0261. The van der Waals surface area contributed by atoms with E-state index in [4.69, 9.17) is 9.47 Å². The molecule has 0 bridgehead atoms. The van der Waals surface area contributed by atoms with Gasteiger partial charge in [0.1, 0.15) is 24.4 Å². The van der Waals surface area contributed by atoms with Crippen molar-refractivity contribution in [3.63, 3.8) is 0 Å². The van der Waals surface area contributed by atoms with Gasteiger partial charge in [-0.15, -0.1) is 0 Å². The van der Waals surface area contributed by atoms with Crippen molar-refractivity contribution >= 4 is 5.91 Å². The molecule has 1 heterocycles. The number of aliphatic hydroxyl groups excluding tert-OH is 5. The van der Waals surface area contributed by atoms with Crippen LogP contribution in [0.2, 0.25) is 0 Å². The summed E-state index contributed by atoms with van der Waals surface area (Å²) in [5.41, 5.74) is 0. The van der Waals surface area contributed by atoms with Gasteiger partial charge in [0.25, 0.3) is 0 Å². The van der Waals surface area contributed by atoms with Gasteiger partial charge in [0.2, 0.25) is 5.91 Å². The number of rotatable bonds is 50. The Kier molecular flexibility index (Phi) is 50.1. The highest BCUT2D eigenvalue weighted by molar-refractivity contribution is 5.76. The van der Waals surface area contributed by atoms with E-state index < -0.39 is 49.5 Å². The zero-order valence-electron chi connectivity index (χ0n) is 47.5. The molecular weight excluding hydrogens is 935 g/mol. The third-order valence-electron chi connectivity index (χ3n) is 13.6. The average Bonchev–Trinajstić information content (AvgIpc) is 3.41. The van der Waals surface area contributed by atoms with Crippen LogP contribution in [0.25, 0.3) is 0 Å². The molecular formula is C66H111NO8. The maximum atomic E-state index is 13.1. The molecule has 0 aromatic rings. The van der Waals surface area contributed by atoms with E-state index in [1.54, 1.807) is 0 Å². The molecule has 1 aliphatic rings. The number of amides is 1. The van der Waals surface area contributed by atoms with Gasteiger partial charge in [-0.2, -0.15) is 0 Å². The minimum absolute atomic E-state index is 0.147. The van der Waals surface area contributed by atoms with Gasteiger partial charge in [-0.3, -0.25) is 4.79 Å². The van der Waals surface area contributed by atoms with Crippen molar-refractivity contribution in [2.75, 3.05) is 13.2 Å². The Bertz CT molecular complexity index is 1590. The van der Waals surface area contributed by atoms with Crippen LogP contribution in [0.4, 0.5) is 0 Å². The van der Waals surface area contributed by atoms with Crippen molar-refractivity contribution in [2.24, 2.45) is 0 Å². The van der Waals surface area contributed by atoms with Gasteiger partial charge in [-0.05, 0) is 89.9 Å². The highest BCUT2D eigenvalue weighted by Gasteiger charge is 2.44. The second-order valence-corrected chi connectivity index (χ2v) is 20.4. The fourth-order valence-corrected chi connectivity index (χ4v) is 8.84. The highest BCUT2D eigenvalue weighted by atomic mass is 16.7. The number of carbonyl (C=O) groups is 1. The summed E-state index contributed by atoms with van der Waals surface area (Å²) in [5.74, 6) is -0.158. The summed E-state index contributed by atoms with van der Waals surface area (Å²) in [6.45, 7) is 3.71. The van der Waals surface area contributed by atoms with Crippen molar-refractivity contribution in [1.82, 2.24) is 5.32 Å². The number of hydrogen-bond donors (Lipinski definition) is 6. The Labute approximate surface area is 458 Å². The zero-order valence-corrected chi connectivity index (χ0v) is 47.5. The lowest BCUT2D eigenvalue weighted by Crippen LogP contribution is -2.60. The molecule has 0 saturated carbocycles. The summed E-state index contributed by atoms with van der Waals surface area (Å²) in [7, 11) is 0. The van der Waals surface area contributed by atoms with Crippen molar-refractivity contribution in [3.05, 3.63) is 122 Å². The van der Waals surface area contributed by atoms with Gasteiger partial charge >= 0.3 is 0 Å². The maximum absolute atomic E-state index is 13.1. The molecule has 1 rings (SSSR count). The van der Waals surface area contributed by atoms with E-state index in [0.29, 0.717) is 12.8 Å². The molecule has 0 spiro atoms. The van der Waals surface area contributed by atoms with Gasteiger partial charge in [0.15, 0.2) is 6.29 Å². The topological polar surface area (TPSA) is 149 Å². The van der Waals surface area contributed by atoms with Crippen molar-refractivity contribution < 1.29 is 39.8 Å². The number of carbonyl (C=O) groups excluding carboxylic acids is 1. The average molecular weight is 1050 g/mol. The first-order valence-corrected chi connectivity index (χ1v) is 30.2. The first kappa shape index (κ1) is 69.6. The Morgan fingerprint density at radius 3 is 1.23 bits per heavy atom. The highest BCUT2D eigenvalue weighted by Crippen LogP contribution is 2.23. The zero-order chi connectivity index (χ0) is 54.3. The van der Waals surface area contributed by atoms with Gasteiger partial charge in [-0.25, -0.2) is 0 Å². The van der Waals surface area contributed by atoms with Crippen molar-refractivity contribution in [3.8, 4) is 0 Å². The summed E-state index contributed by atoms with van der Waals surface area (Å²) in [4.78, 5) is 13.1. The lowest BCUT2D eigenvalue weighted by molar-refractivity contribution is -0.302. The monoisotopic (exact) mass is 1050 g/mol. The van der Waals surface area contributed by atoms with E-state index in [-0.39, 0.29) is 12.5 Å². The van der Waals surface area contributed by atoms with Crippen LogP contribution < -0.4 is 5.32 Å². The van der Waals surface area contributed by atoms with E-state index in [1.165, 1.54) is 89.9 Å². The van der Waals surface area contributed by atoms with E-state index in [2.05, 4.69) is 141 Å². The molecule has 0 radical (unpaired) electrons. The minimum Gasteiger partial charge on any atom is -0.394 e. The van der Waals surface area contributed by atoms with Gasteiger partial charge in [0.05, 0.1) is 25.4 Å². The molecule has 7 unspecified atom stereocenters. The second-order valence-electron chi connectivity index (χ2n) is 20.4. The summed E-state index contributed by atoms with van der Waals surface area (Å²) in [6.07, 6.45) is 73.7. The van der Waals surface area contributed by atoms with Gasteiger partial charge < -0.3 is 40.3 Å². The van der Waals surface area contributed by atoms with Crippen LogP contribution in [0.3, 0.4) is 0 Å². The normalized spacial score (nSPS) is 19.8. The molecule has 0 aliphatic carbocycles. The third-order valence-corrected chi connectivity index (χ3v) is 13.6. The second kappa shape index (κ2) is 54.0. The lowest BCUT2D eigenvalue weighted by atomic mass is 9.99. The van der Waals surface area contributed by atoms with Crippen LogP contribution in [0.15, 0.2) is 122 Å². The Balaban J connectivity index is 2.15. The molecule has 0 aromatic heterocycles. The standard InChI is InChI=1S/C66H111NO8/c1-3-5-7-9-11-13-15-17-18-19-20-21-22-23-24-25-26-27-28-29-30-31-32-33-34-35-36-37-38-39-40-41-42-44-46-48-50-52-54-56-62(70)67-59(58-74-66-65(73)64(72)63(71)61(57-68)75-66)60(69)55-53-51-49-47-45-43-16-14-12-10-8-6-4-2/h5,7,11,13,17-18,20-21,23-24,26-27,29-30,32-33,35-36,38-39,59-61,63-66,68-69,71-73H,3-4,6,8-10,12,14-16,19,22,25,28,31,34,37,40-58H2,1-2H3,(H,67,70)/b7-5-,13-11-,18-17-,21-20-,24-23-,27-26-,30-29-,33-32-,36-35-,39-38-. The van der Waals surface area contributed by atoms with E-state index in [0.717, 1.165) is 116 Å². The molecule has 1 aliphatic heterocycles.